The summed E-state index contributed by atoms with van der Waals surface area (Å²) in [5.74, 6) is 0.259. The Balaban J connectivity index is 2.59. The smallest absolute Gasteiger partial charge is 0.220 e. The first-order chi connectivity index (χ1) is 7.16. The van der Waals surface area contributed by atoms with Gasteiger partial charge in [0.05, 0.1) is 11.4 Å². The molecule has 0 amide bonds. The number of hydrogen-bond donors (Lipinski definition) is 1. The zero-order valence-corrected chi connectivity index (χ0v) is 8.60. The standard InChI is InChI=1S/C10H11N5/c1-6-5-8(15-10(11)14-6)9-7(2)12-3-4-13-9/h3-5H,1-2H3,(H2,11,14,15). The van der Waals surface area contributed by atoms with Crippen LogP contribution in [0.1, 0.15) is 11.4 Å². The molecule has 2 aromatic rings. The molecule has 0 bridgehead atoms. The lowest BCUT2D eigenvalue weighted by Crippen LogP contribution is -2.00. The maximum Gasteiger partial charge on any atom is 0.220 e. The summed E-state index contributed by atoms with van der Waals surface area (Å²) < 4.78 is 0. The molecule has 5 heteroatoms. The minimum Gasteiger partial charge on any atom is -0.368 e. The van der Waals surface area contributed by atoms with E-state index >= 15 is 0 Å². The molecule has 5 nitrogen and oxygen atoms in total. The highest BCUT2D eigenvalue weighted by Gasteiger charge is 2.07. The average molecular weight is 201 g/mol. The van der Waals surface area contributed by atoms with Crippen molar-refractivity contribution < 1.29 is 0 Å². The predicted octanol–water partition coefficient (Wildman–Crippen LogP) is 1.13. The van der Waals surface area contributed by atoms with Crippen LogP contribution in [0.3, 0.4) is 0 Å². The fourth-order valence-electron chi connectivity index (χ4n) is 1.37. The summed E-state index contributed by atoms with van der Waals surface area (Å²) >= 11 is 0. The van der Waals surface area contributed by atoms with E-state index in [0.717, 1.165) is 17.1 Å². The van der Waals surface area contributed by atoms with Gasteiger partial charge in [-0.15, -0.1) is 0 Å². The van der Waals surface area contributed by atoms with Crippen molar-refractivity contribution >= 4 is 5.95 Å². The number of nitrogens with two attached hydrogens (primary N) is 1. The van der Waals surface area contributed by atoms with Crippen LogP contribution >= 0.6 is 0 Å². The highest BCUT2D eigenvalue weighted by atomic mass is 15.0. The molecule has 0 radical (unpaired) electrons. The first-order valence-electron chi connectivity index (χ1n) is 4.56. The number of hydrogen-bond acceptors (Lipinski definition) is 5. The van der Waals surface area contributed by atoms with Crippen molar-refractivity contribution in [3.05, 3.63) is 29.8 Å². The molecular formula is C10H11N5. The Hall–Kier alpha value is -2.04. The first kappa shape index (κ1) is 9.51. The second-order valence-corrected chi connectivity index (χ2v) is 3.24. The molecule has 2 rings (SSSR count). The summed E-state index contributed by atoms with van der Waals surface area (Å²) in [5.41, 5.74) is 8.69. The summed E-state index contributed by atoms with van der Waals surface area (Å²) in [7, 11) is 0. The third kappa shape index (κ3) is 1.90. The molecule has 0 atom stereocenters. The van der Waals surface area contributed by atoms with E-state index in [1.54, 1.807) is 12.4 Å². The maximum absolute atomic E-state index is 5.58. The fraction of sp³-hybridized carbons (Fsp3) is 0.200. The third-order valence-corrected chi connectivity index (χ3v) is 2.00. The van der Waals surface area contributed by atoms with Crippen molar-refractivity contribution in [1.82, 2.24) is 19.9 Å². The number of aryl methyl sites for hydroxylation is 2. The Morgan fingerprint density at radius 3 is 2.47 bits per heavy atom. The lowest BCUT2D eigenvalue weighted by atomic mass is 10.2. The zero-order chi connectivity index (χ0) is 10.8. The molecule has 0 unspecified atom stereocenters. The molecule has 0 fully saturated rings. The van der Waals surface area contributed by atoms with Crippen LogP contribution in [0.4, 0.5) is 5.95 Å². The van der Waals surface area contributed by atoms with Gasteiger partial charge < -0.3 is 5.73 Å². The highest BCUT2D eigenvalue weighted by Crippen LogP contribution is 2.17. The normalized spacial score (nSPS) is 10.3. The van der Waals surface area contributed by atoms with Crippen molar-refractivity contribution in [3.63, 3.8) is 0 Å². The molecule has 0 spiro atoms. The van der Waals surface area contributed by atoms with E-state index in [1.165, 1.54) is 0 Å². The van der Waals surface area contributed by atoms with Gasteiger partial charge in [0, 0.05) is 18.1 Å². The molecule has 2 N–H and O–H groups in total. The molecule has 0 saturated carbocycles. The Labute approximate surface area is 87.4 Å². The van der Waals surface area contributed by atoms with Crippen molar-refractivity contribution in [2.24, 2.45) is 0 Å². The molecule has 0 aliphatic heterocycles. The Bertz CT molecular complexity index is 475. The van der Waals surface area contributed by atoms with Gasteiger partial charge in [-0.3, -0.25) is 9.97 Å². The molecule has 0 aromatic carbocycles. The van der Waals surface area contributed by atoms with Gasteiger partial charge in [0.15, 0.2) is 0 Å². The van der Waals surface area contributed by atoms with Gasteiger partial charge in [0.2, 0.25) is 5.95 Å². The van der Waals surface area contributed by atoms with Crippen molar-refractivity contribution in [3.8, 4) is 11.4 Å². The van der Waals surface area contributed by atoms with Gasteiger partial charge in [-0.2, -0.15) is 0 Å². The van der Waals surface area contributed by atoms with Crippen LogP contribution in [0.2, 0.25) is 0 Å². The molecular weight excluding hydrogens is 190 g/mol. The predicted molar refractivity (Wildman–Crippen MR) is 56.9 cm³/mol. The van der Waals surface area contributed by atoms with E-state index in [0.29, 0.717) is 5.69 Å². The second kappa shape index (κ2) is 3.61. The summed E-state index contributed by atoms with van der Waals surface area (Å²) in [6, 6.07) is 1.84. The van der Waals surface area contributed by atoms with Gasteiger partial charge in [-0.1, -0.05) is 0 Å². The SMILES string of the molecule is Cc1cc(-c2nccnc2C)nc(N)n1. The van der Waals surface area contributed by atoms with Gasteiger partial charge in [0.1, 0.15) is 5.69 Å². The number of aromatic nitrogens is 4. The molecule has 0 aliphatic rings. The molecule has 15 heavy (non-hydrogen) atoms. The van der Waals surface area contributed by atoms with E-state index in [9.17, 15) is 0 Å². The van der Waals surface area contributed by atoms with E-state index in [2.05, 4.69) is 19.9 Å². The Morgan fingerprint density at radius 1 is 1.07 bits per heavy atom. The molecule has 2 heterocycles. The van der Waals surface area contributed by atoms with Crippen molar-refractivity contribution in [2.45, 2.75) is 13.8 Å². The van der Waals surface area contributed by atoms with Crippen molar-refractivity contribution in [1.29, 1.82) is 0 Å². The molecule has 2 aromatic heterocycles. The van der Waals surface area contributed by atoms with Gasteiger partial charge in [-0.25, -0.2) is 9.97 Å². The van der Waals surface area contributed by atoms with Crippen LogP contribution in [0, 0.1) is 13.8 Å². The van der Waals surface area contributed by atoms with E-state index < -0.39 is 0 Å². The fourth-order valence-corrected chi connectivity index (χ4v) is 1.37. The molecule has 0 aliphatic carbocycles. The number of rotatable bonds is 1. The molecule has 76 valence electrons. The maximum atomic E-state index is 5.58. The van der Waals surface area contributed by atoms with Crippen molar-refractivity contribution in [2.75, 3.05) is 5.73 Å². The monoisotopic (exact) mass is 201 g/mol. The minimum atomic E-state index is 0.259. The summed E-state index contributed by atoms with van der Waals surface area (Å²) in [6.07, 6.45) is 3.28. The van der Waals surface area contributed by atoms with Crippen LogP contribution < -0.4 is 5.73 Å². The minimum absolute atomic E-state index is 0.259. The van der Waals surface area contributed by atoms with E-state index in [-0.39, 0.29) is 5.95 Å². The molecule has 0 saturated heterocycles. The highest BCUT2D eigenvalue weighted by molar-refractivity contribution is 5.57. The van der Waals surface area contributed by atoms with Gasteiger partial charge in [-0.05, 0) is 19.9 Å². The van der Waals surface area contributed by atoms with Crippen LogP contribution in [-0.4, -0.2) is 19.9 Å². The second-order valence-electron chi connectivity index (χ2n) is 3.24. The topological polar surface area (TPSA) is 77.6 Å². The lowest BCUT2D eigenvalue weighted by molar-refractivity contribution is 1.07. The summed E-state index contributed by atoms with van der Waals surface area (Å²) in [4.78, 5) is 16.5. The van der Waals surface area contributed by atoms with Crippen LogP contribution in [0.5, 0.6) is 0 Å². The third-order valence-electron chi connectivity index (χ3n) is 2.00. The summed E-state index contributed by atoms with van der Waals surface area (Å²) in [5, 5.41) is 0. The van der Waals surface area contributed by atoms with Gasteiger partial charge >= 0.3 is 0 Å². The van der Waals surface area contributed by atoms with Gasteiger partial charge in [0.25, 0.3) is 0 Å². The number of anilines is 1. The first-order valence-corrected chi connectivity index (χ1v) is 4.56. The Morgan fingerprint density at radius 2 is 1.80 bits per heavy atom. The van der Waals surface area contributed by atoms with E-state index in [1.807, 2.05) is 19.9 Å². The van der Waals surface area contributed by atoms with E-state index in [4.69, 9.17) is 5.73 Å². The van der Waals surface area contributed by atoms with Crippen LogP contribution in [0.25, 0.3) is 11.4 Å². The number of nitrogen functional groups attached to an aromatic ring is 1. The number of nitrogens with zero attached hydrogens (tertiary/aromatic N) is 4. The quantitative estimate of drug-likeness (QED) is 0.748. The summed E-state index contributed by atoms with van der Waals surface area (Å²) in [6.45, 7) is 3.75. The Kier molecular flexibility index (Phi) is 2.29. The lowest BCUT2D eigenvalue weighted by Gasteiger charge is -2.04. The van der Waals surface area contributed by atoms with Crippen LogP contribution in [0.15, 0.2) is 18.5 Å². The van der Waals surface area contributed by atoms with Crippen LogP contribution in [-0.2, 0) is 0 Å². The average Bonchev–Trinajstić information content (AvgIpc) is 2.16. The zero-order valence-electron chi connectivity index (χ0n) is 8.60. The largest absolute Gasteiger partial charge is 0.368 e.